The van der Waals surface area contributed by atoms with Crippen LogP contribution in [0.1, 0.15) is 43.7 Å². The molecule has 34 heavy (non-hydrogen) atoms. The zero-order chi connectivity index (χ0) is 23.8. The number of benzene rings is 2. The number of nitrogens with one attached hydrogen (secondary N) is 2. The molecule has 0 aliphatic carbocycles. The van der Waals surface area contributed by atoms with Gasteiger partial charge in [0.2, 0.25) is 5.66 Å². The molecule has 2 amide bonds. The van der Waals surface area contributed by atoms with E-state index in [2.05, 4.69) is 36.2 Å². The average Bonchev–Trinajstić information content (AvgIpc) is 3.29. The molecule has 2 aromatic rings. The number of piperidine rings is 1. The zero-order valence-corrected chi connectivity index (χ0v) is 19.6. The van der Waals surface area contributed by atoms with Gasteiger partial charge in [0.1, 0.15) is 5.82 Å². The molecule has 1 fully saturated rings. The number of nitrogens with zero attached hydrogens (tertiary/aromatic N) is 5. The first-order valence-corrected chi connectivity index (χ1v) is 12.0. The predicted molar refractivity (Wildman–Crippen MR) is 129 cm³/mol. The summed E-state index contributed by atoms with van der Waals surface area (Å²) in [6.07, 6.45) is 5.39. The third-order valence-electron chi connectivity index (χ3n) is 6.41. The van der Waals surface area contributed by atoms with Crippen molar-refractivity contribution >= 4 is 11.7 Å². The number of carbonyl (C=O) groups excluding carboxylic acids is 1. The first kappa shape index (κ1) is 23.9. The largest absolute Gasteiger partial charge is 0.338 e. The van der Waals surface area contributed by atoms with E-state index in [1.165, 1.54) is 18.4 Å². The Hall–Kier alpha value is -3.20. The topological polar surface area (TPSA) is 93.8 Å². The lowest BCUT2D eigenvalue weighted by Gasteiger charge is -2.32. The normalized spacial score (nSPS) is 19.3. The molecule has 2 N–H and O–H groups in total. The Kier molecular flexibility index (Phi) is 7.95. The summed E-state index contributed by atoms with van der Waals surface area (Å²) >= 11 is 0. The van der Waals surface area contributed by atoms with Crippen molar-refractivity contribution in [1.29, 1.82) is 0 Å². The van der Waals surface area contributed by atoms with Gasteiger partial charge in [-0.1, -0.05) is 24.3 Å². The first-order chi connectivity index (χ1) is 16.5. The van der Waals surface area contributed by atoms with Crippen LogP contribution in [-0.2, 0) is 12.1 Å². The van der Waals surface area contributed by atoms with Crippen molar-refractivity contribution in [3.8, 4) is 0 Å². The van der Waals surface area contributed by atoms with Gasteiger partial charge < -0.3 is 15.5 Å². The van der Waals surface area contributed by atoms with E-state index in [4.69, 9.17) is 0 Å². The maximum atomic E-state index is 13.1. The Morgan fingerprint density at radius 1 is 1.15 bits per heavy atom. The van der Waals surface area contributed by atoms with Crippen LogP contribution in [0.15, 0.2) is 69.2 Å². The number of halogens is 1. The van der Waals surface area contributed by atoms with Gasteiger partial charge in [0.05, 0.1) is 0 Å². The standard InChI is InChI=1S/C25H32FN7O/c1-25(29-31-32-30-25)21-7-4-8-23(17-21)28-24(34)27-13-2-3-14-33-15-5-6-20(18-33)16-19-9-11-22(26)12-10-19/h4,7-12,17,20H,2-3,5-6,13-16,18H2,1H3,(H2,27,28,34). The number of hydrogen-bond acceptors (Lipinski definition) is 6. The highest BCUT2D eigenvalue weighted by Crippen LogP contribution is 2.32. The molecule has 0 aromatic heterocycles. The maximum absolute atomic E-state index is 13.1. The van der Waals surface area contributed by atoms with Crippen LogP contribution < -0.4 is 10.6 Å². The van der Waals surface area contributed by atoms with Crippen molar-refractivity contribution in [1.82, 2.24) is 10.2 Å². The molecule has 1 atom stereocenters. The number of amides is 2. The van der Waals surface area contributed by atoms with E-state index < -0.39 is 5.66 Å². The molecule has 9 heteroatoms. The molecule has 1 unspecified atom stereocenters. The number of unbranched alkanes of at least 4 members (excludes halogenated alkanes) is 1. The summed E-state index contributed by atoms with van der Waals surface area (Å²) < 4.78 is 13.1. The summed E-state index contributed by atoms with van der Waals surface area (Å²) in [7, 11) is 0. The molecule has 180 valence electrons. The molecule has 2 aliphatic rings. The summed E-state index contributed by atoms with van der Waals surface area (Å²) in [4.78, 5) is 14.8. The van der Waals surface area contributed by atoms with Gasteiger partial charge in [0.25, 0.3) is 0 Å². The van der Waals surface area contributed by atoms with Gasteiger partial charge in [-0.3, -0.25) is 0 Å². The minimum absolute atomic E-state index is 0.178. The minimum atomic E-state index is -0.833. The first-order valence-electron chi connectivity index (χ1n) is 12.0. The van der Waals surface area contributed by atoms with Crippen LogP contribution >= 0.6 is 0 Å². The monoisotopic (exact) mass is 465 g/mol. The van der Waals surface area contributed by atoms with Gasteiger partial charge in [-0.25, -0.2) is 9.18 Å². The molecule has 2 aliphatic heterocycles. The highest BCUT2D eigenvalue weighted by atomic mass is 19.1. The number of rotatable bonds is 9. The second kappa shape index (κ2) is 11.3. The van der Waals surface area contributed by atoms with Crippen molar-refractivity contribution < 1.29 is 9.18 Å². The fraction of sp³-hybridized carbons (Fsp3) is 0.480. The van der Waals surface area contributed by atoms with Gasteiger partial charge in [-0.05, 0) is 98.3 Å². The molecule has 1 saturated heterocycles. The lowest BCUT2D eigenvalue weighted by Crippen LogP contribution is -2.37. The van der Waals surface area contributed by atoms with Crippen LogP contribution in [0.5, 0.6) is 0 Å². The molecule has 8 nitrogen and oxygen atoms in total. The molecule has 0 bridgehead atoms. The SMILES string of the molecule is CC1(c2cccc(NC(=O)NCCCCN3CCCC(Cc4ccc(F)cc4)C3)c2)N=NN=N1. The van der Waals surface area contributed by atoms with Crippen LogP contribution in [0.3, 0.4) is 0 Å². The van der Waals surface area contributed by atoms with Gasteiger partial charge in [0.15, 0.2) is 0 Å². The maximum Gasteiger partial charge on any atom is 0.319 e. The Labute approximate surface area is 199 Å². The van der Waals surface area contributed by atoms with E-state index in [9.17, 15) is 9.18 Å². The summed E-state index contributed by atoms with van der Waals surface area (Å²) in [5, 5.41) is 21.1. The van der Waals surface area contributed by atoms with Crippen molar-refractivity contribution in [2.75, 3.05) is 31.5 Å². The molecular weight excluding hydrogens is 433 g/mol. The predicted octanol–water partition coefficient (Wildman–Crippen LogP) is 5.69. The Morgan fingerprint density at radius 3 is 2.74 bits per heavy atom. The zero-order valence-electron chi connectivity index (χ0n) is 19.6. The second-order valence-electron chi connectivity index (χ2n) is 9.21. The third-order valence-corrected chi connectivity index (χ3v) is 6.41. The molecule has 2 aromatic carbocycles. The fourth-order valence-electron chi connectivity index (χ4n) is 4.55. The van der Waals surface area contributed by atoms with E-state index in [0.717, 1.165) is 44.5 Å². The lowest BCUT2D eigenvalue weighted by atomic mass is 9.91. The fourth-order valence-corrected chi connectivity index (χ4v) is 4.55. The highest BCUT2D eigenvalue weighted by Gasteiger charge is 2.29. The van der Waals surface area contributed by atoms with Gasteiger partial charge in [-0.2, -0.15) is 0 Å². The van der Waals surface area contributed by atoms with E-state index in [1.54, 1.807) is 12.1 Å². The summed E-state index contributed by atoms with van der Waals surface area (Å²) in [6.45, 7) is 5.69. The van der Waals surface area contributed by atoms with Crippen LogP contribution in [0, 0.1) is 11.7 Å². The summed E-state index contributed by atoms with van der Waals surface area (Å²) in [6, 6.07) is 14.1. The molecular formula is C25H32FN7O. The Balaban J connectivity index is 1.13. The van der Waals surface area contributed by atoms with Crippen LogP contribution in [0.2, 0.25) is 0 Å². The number of likely N-dealkylation sites (tertiary alicyclic amines) is 1. The van der Waals surface area contributed by atoms with Crippen molar-refractivity contribution in [2.24, 2.45) is 26.6 Å². The summed E-state index contributed by atoms with van der Waals surface area (Å²) in [5.41, 5.74) is 1.87. The van der Waals surface area contributed by atoms with Gasteiger partial charge in [-0.15, -0.1) is 10.2 Å². The van der Waals surface area contributed by atoms with E-state index in [0.29, 0.717) is 18.2 Å². The molecule has 0 radical (unpaired) electrons. The van der Waals surface area contributed by atoms with E-state index in [1.807, 2.05) is 43.3 Å². The van der Waals surface area contributed by atoms with Gasteiger partial charge >= 0.3 is 6.03 Å². The smallest absolute Gasteiger partial charge is 0.319 e. The quantitative estimate of drug-likeness (QED) is 0.466. The van der Waals surface area contributed by atoms with E-state index in [-0.39, 0.29) is 11.8 Å². The lowest BCUT2D eigenvalue weighted by molar-refractivity contribution is 0.171. The van der Waals surface area contributed by atoms with Gasteiger partial charge in [0, 0.05) is 24.3 Å². The minimum Gasteiger partial charge on any atom is -0.338 e. The van der Waals surface area contributed by atoms with E-state index >= 15 is 0 Å². The molecule has 2 heterocycles. The van der Waals surface area contributed by atoms with Crippen molar-refractivity contribution in [3.05, 3.63) is 65.5 Å². The van der Waals surface area contributed by atoms with Crippen molar-refractivity contribution in [2.45, 2.75) is 44.7 Å². The third kappa shape index (κ3) is 6.66. The number of urea groups is 1. The average molecular weight is 466 g/mol. The Bertz CT molecular complexity index is 1010. The number of hydrogen-bond donors (Lipinski definition) is 2. The molecule has 0 spiro atoms. The number of carbonyl (C=O) groups is 1. The summed E-state index contributed by atoms with van der Waals surface area (Å²) in [5.74, 6) is 0.441. The second-order valence-corrected chi connectivity index (χ2v) is 9.21. The van der Waals surface area contributed by atoms with Crippen LogP contribution in [-0.4, -0.2) is 37.1 Å². The molecule has 0 saturated carbocycles. The van der Waals surface area contributed by atoms with Crippen molar-refractivity contribution in [3.63, 3.8) is 0 Å². The Morgan fingerprint density at radius 2 is 1.94 bits per heavy atom. The van der Waals surface area contributed by atoms with Crippen LogP contribution in [0.4, 0.5) is 14.9 Å². The highest BCUT2D eigenvalue weighted by molar-refractivity contribution is 5.89. The molecule has 4 rings (SSSR count). The van der Waals surface area contributed by atoms with Crippen LogP contribution in [0.25, 0.3) is 0 Å². The number of anilines is 1.